The van der Waals surface area contributed by atoms with Crippen molar-refractivity contribution >= 4 is 23.8 Å². The number of pyridine rings is 1. The van der Waals surface area contributed by atoms with Crippen molar-refractivity contribution in [2.45, 2.75) is 26.4 Å². The van der Waals surface area contributed by atoms with Gasteiger partial charge in [-0.2, -0.15) is 0 Å². The van der Waals surface area contributed by atoms with Crippen LogP contribution in [-0.4, -0.2) is 16.0 Å². The second kappa shape index (κ2) is 5.48. The van der Waals surface area contributed by atoms with E-state index in [0.717, 1.165) is 6.07 Å². The van der Waals surface area contributed by atoms with Crippen molar-refractivity contribution in [2.24, 2.45) is 0 Å². The van der Waals surface area contributed by atoms with Crippen LogP contribution >= 0.6 is 7.60 Å². The molecule has 2 rings (SSSR count). The van der Waals surface area contributed by atoms with Crippen LogP contribution in [0.5, 0.6) is 0 Å². The lowest BCUT2D eigenvalue weighted by atomic mass is 10.2. The molecule has 2 unspecified atom stereocenters. The van der Waals surface area contributed by atoms with Gasteiger partial charge in [-0.05, 0) is 43.0 Å². The maximum Gasteiger partial charge on any atom is 0.364 e. The fourth-order valence-corrected chi connectivity index (χ4v) is 3.11. The zero-order chi connectivity index (χ0) is 14.9. The predicted octanol–water partition coefficient (Wildman–Crippen LogP) is 2.29. The van der Waals surface area contributed by atoms with Crippen molar-refractivity contribution in [1.82, 2.24) is 4.98 Å². The number of hydrogen-bond acceptors (Lipinski definition) is 3. The Bertz CT molecular complexity index is 743. The average molecular weight is 299 g/mol. The molecule has 1 aromatic carbocycles. The second-order valence-electron chi connectivity index (χ2n) is 4.56. The molecule has 2 atom stereocenters. The summed E-state index contributed by atoms with van der Waals surface area (Å²) in [5.74, 6) is -0.496. The molecule has 1 aromatic heterocycles. The van der Waals surface area contributed by atoms with Crippen molar-refractivity contribution in [2.75, 3.05) is 0 Å². The highest BCUT2D eigenvalue weighted by Crippen LogP contribution is 2.41. The maximum atomic E-state index is 13.1. The number of aromatic nitrogens is 1. The third kappa shape index (κ3) is 2.98. The van der Waals surface area contributed by atoms with Crippen LogP contribution in [0, 0.1) is 5.82 Å². The largest absolute Gasteiger partial charge is 0.364 e. The van der Waals surface area contributed by atoms with Crippen molar-refractivity contribution in [3.63, 3.8) is 0 Å². The molecule has 0 spiro atoms. The van der Waals surface area contributed by atoms with Gasteiger partial charge < -0.3 is 14.4 Å². The number of rotatable bonds is 4. The van der Waals surface area contributed by atoms with Crippen molar-refractivity contribution in [3.8, 4) is 0 Å². The van der Waals surface area contributed by atoms with E-state index in [1.165, 1.54) is 18.2 Å². The summed E-state index contributed by atoms with van der Waals surface area (Å²) in [6.07, 6.45) is 0.0930. The van der Waals surface area contributed by atoms with Crippen LogP contribution in [0.2, 0.25) is 0 Å². The van der Waals surface area contributed by atoms with E-state index in [-0.39, 0.29) is 10.8 Å². The quantitative estimate of drug-likeness (QED) is 0.849. The predicted molar refractivity (Wildman–Crippen MR) is 74.8 cm³/mol. The van der Waals surface area contributed by atoms with Gasteiger partial charge in [-0.1, -0.05) is 6.92 Å². The third-order valence-corrected chi connectivity index (χ3v) is 4.58. The number of hydrogen-bond donors (Lipinski definition) is 2. The van der Waals surface area contributed by atoms with Gasteiger partial charge in [0.2, 0.25) is 0 Å². The van der Waals surface area contributed by atoms with Crippen molar-refractivity contribution in [3.05, 3.63) is 40.4 Å². The van der Waals surface area contributed by atoms with Gasteiger partial charge in [-0.3, -0.25) is 9.36 Å². The smallest absolute Gasteiger partial charge is 0.321 e. The maximum absolute atomic E-state index is 13.1. The molecule has 0 fully saturated rings. The molecule has 0 saturated heterocycles. The summed E-state index contributed by atoms with van der Waals surface area (Å²) in [5, 5.41) is 0.125. The lowest BCUT2D eigenvalue weighted by Gasteiger charge is -2.16. The molecule has 0 amide bonds. The molecule has 0 radical (unpaired) electrons. The van der Waals surface area contributed by atoms with Crippen molar-refractivity contribution in [1.29, 1.82) is 0 Å². The first-order chi connectivity index (χ1) is 9.33. The molecule has 20 heavy (non-hydrogen) atoms. The van der Waals surface area contributed by atoms with Gasteiger partial charge in [0.05, 0.1) is 11.6 Å². The fraction of sp³-hybridized carbons (Fsp3) is 0.308. The molecule has 0 bridgehead atoms. The van der Waals surface area contributed by atoms with Crippen LogP contribution in [0.4, 0.5) is 4.39 Å². The van der Waals surface area contributed by atoms with Crippen LogP contribution in [0.25, 0.3) is 10.9 Å². The van der Waals surface area contributed by atoms with E-state index in [1.807, 2.05) is 0 Å². The third-order valence-electron chi connectivity index (χ3n) is 2.99. The standard InChI is InChI=1S/C13H15FNO4P/c1-3-8(2)19-20(17,18)12-6-9-4-5-10(14)7-11(9)15-13(12)16/h4-8H,3H2,1-2H3,(H,15,16)(H,17,18). The Balaban J connectivity index is 2.54. The van der Waals surface area contributed by atoms with Gasteiger partial charge in [-0.15, -0.1) is 0 Å². The van der Waals surface area contributed by atoms with Crippen LogP contribution in [-0.2, 0) is 9.09 Å². The van der Waals surface area contributed by atoms with E-state index in [9.17, 15) is 18.6 Å². The number of halogens is 1. The zero-order valence-electron chi connectivity index (χ0n) is 11.1. The molecular formula is C13H15FNO4P. The van der Waals surface area contributed by atoms with Gasteiger partial charge in [0.15, 0.2) is 0 Å². The number of benzene rings is 1. The number of nitrogens with one attached hydrogen (secondary N) is 1. The van der Waals surface area contributed by atoms with Crippen LogP contribution in [0.1, 0.15) is 20.3 Å². The first-order valence-electron chi connectivity index (χ1n) is 6.18. The topological polar surface area (TPSA) is 79.4 Å². The number of H-pyrrole nitrogens is 1. The van der Waals surface area contributed by atoms with E-state index in [4.69, 9.17) is 4.52 Å². The van der Waals surface area contributed by atoms with Gasteiger partial charge >= 0.3 is 7.60 Å². The Morgan fingerprint density at radius 2 is 2.15 bits per heavy atom. The van der Waals surface area contributed by atoms with Gasteiger partial charge in [0, 0.05) is 0 Å². The summed E-state index contributed by atoms with van der Waals surface area (Å²) >= 11 is 0. The average Bonchev–Trinajstić information content (AvgIpc) is 2.36. The summed E-state index contributed by atoms with van der Waals surface area (Å²) in [6.45, 7) is 3.45. The molecule has 108 valence electrons. The summed E-state index contributed by atoms with van der Waals surface area (Å²) in [5.41, 5.74) is -0.487. The fourth-order valence-electron chi connectivity index (χ4n) is 1.75. The zero-order valence-corrected chi connectivity index (χ0v) is 12.0. The minimum Gasteiger partial charge on any atom is -0.321 e. The van der Waals surface area contributed by atoms with Gasteiger partial charge in [0.1, 0.15) is 11.1 Å². The first kappa shape index (κ1) is 14.9. The normalized spacial score (nSPS) is 16.0. The highest BCUT2D eigenvalue weighted by Gasteiger charge is 2.28. The number of aromatic amines is 1. The summed E-state index contributed by atoms with van der Waals surface area (Å²) in [4.78, 5) is 24.2. The Hall–Kier alpha value is -1.49. The SMILES string of the molecule is CCC(C)OP(=O)(O)c1cc2ccc(F)cc2[nH]c1=O. The molecule has 2 aromatic rings. The van der Waals surface area contributed by atoms with Crippen LogP contribution in [0.3, 0.4) is 0 Å². The minimum atomic E-state index is -4.21. The van der Waals surface area contributed by atoms with E-state index in [0.29, 0.717) is 11.8 Å². The monoisotopic (exact) mass is 299 g/mol. The number of fused-ring (bicyclic) bond motifs is 1. The van der Waals surface area contributed by atoms with E-state index >= 15 is 0 Å². The summed E-state index contributed by atoms with van der Waals surface area (Å²) < 4.78 is 30.3. The molecule has 2 N–H and O–H groups in total. The molecule has 0 aliphatic heterocycles. The van der Waals surface area contributed by atoms with E-state index < -0.39 is 25.1 Å². The lowest BCUT2D eigenvalue weighted by Crippen LogP contribution is -2.29. The molecule has 0 aliphatic carbocycles. The minimum absolute atomic E-state index is 0.266. The molecule has 1 heterocycles. The molecular weight excluding hydrogens is 284 g/mol. The van der Waals surface area contributed by atoms with Crippen LogP contribution in [0.15, 0.2) is 29.1 Å². The van der Waals surface area contributed by atoms with Crippen molar-refractivity contribution < 1.29 is 18.4 Å². The second-order valence-corrected chi connectivity index (χ2v) is 6.29. The molecule has 7 heteroatoms. The van der Waals surface area contributed by atoms with Gasteiger partial charge in [0.25, 0.3) is 5.56 Å². The Kier molecular flexibility index (Phi) is 4.09. The van der Waals surface area contributed by atoms with Gasteiger partial charge in [-0.25, -0.2) is 4.39 Å². The Labute approximate surface area is 114 Å². The molecule has 0 aliphatic rings. The molecule has 0 saturated carbocycles. The summed E-state index contributed by atoms with van der Waals surface area (Å²) in [7, 11) is -4.21. The first-order valence-corrected chi connectivity index (χ1v) is 7.75. The Morgan fingerprint density at radius 3 is 2.80 bits per heavy atom. The Morgan fingerprint density at radius 1 is 1.45 bits per heavy atom. The molecule has 5 nitrogen and oxygen atoms in total. The highest BCUT2D eigenvalue weighted by molar-refractivity contribution is 7.61. The van der Waals surface area contributed by atoms with Crippen LogP contribution < -0.4 is 10.9 Å². The summed E-state index contributed by atoms with van der Waals surface area (Å²) in [6, 6.07) is 5.05. The highest BCUT2D eigenvalue weighted by atomic mass is 31.2. The van der Waals surface area contributed by atoms with E-state index in [1.54, 1.807) is 13.8 Å². The van der Waals surface area contributed by atoms with E-state index in [2.05, 4.69) is 4.98 Å². The lowest BCUT2D eigenvalue weighted by molar-refractivity contribution is 0.192.